The molecule has 1 aliphatic heterocycles. The highest BCUT2D eigenvalue weighted by molar-refractivity contribution is 7.91. The Morgan fingerprint density at radius 1 is 1.33 bits per heavy atom. The minimum absolute atomic E-state index is 0.0568. The first kappa shape index (κ1) is 13.3. The lowest BCUT2D eigenvalue weighted by molar-refractivity contribution is 0.428. The Kier molecular flexibility index (Phi) is 3.90. The fourth-order valence-electron chi connectivity index (χ4n) is 2.35. The van der Waals surface area contributed by atoms with E-state index in [9.17, 15) is 12.8 Å². The van der Waals surface area contributed by atoms with Crippen LogP contribution in [-0.4, -0.2) is 33.4 Å². The van der Waals surface area contributed by atoms with E-state index >= 15 is 0 Å². The summed E-state index contributed by atoms with van der Waals surface area (Å²) in [6, 6.07) is 6.72. The normalized spacial score (nSPS) is 20.3. The minimum atomic E-state index is -3.15. The first-order valence-corrected chi connectivity index (χ1v) is 7.89. The van der Waals surface area contributed by atoms with Crippen molar-refractivity contribution in [2.45, 2.75) is 30.7 Å². The van der Waals surface area contributed by atoms with Gasteiger partial charge in [-0.15, -0.1) is 0 Å². The molecule has 0 N–H and O–H groups in total. The van der Waals surface area contributed by atoms with Gasteiger partial charge in [-0.3, -0.25) is 0 Å². The van der Waals surface area contributed by atoms with Gasteiger partial charge in [0, 0.05) is 12.2 Å². The van der Waals surface area contributed by atoms with Crippen molar-refractivity contribution in [2.75, 3.05) is 23.9 Å². The van der Waals surface area contributed by atoms with Crippen LogP contribution >= 0.6 is 0 Å². The van der Waals surface area contributed by atoms with E-state index in [2.05, 4.69) is 0 Å². The second-order valence-electron chi connectivity index (χ2n) is 4.54. The standard InChI is InChI=1S/C13H18FNO2S/c1-2-18(16,17)13-7-5-11(6-8-13)15-9-3-4-12(15)10-14/h5-8,12H,2-4,9-10H2,1H3/t12-/m0/s1. The molecule has 1 atom stereocenters. The van der Waals surface area contributed by atoms with E-state index in [4.69, 9.17) is 0 Å². The summed E-state index contributed by atoms with van der Waals surface area (Å²) in [5.41, 5.74) is 0.908. The van der Waals surface area contributed by atoms with Gasteiger partial charge in [0.25, 0.3) is 0 Å². The van der Waals surface area contributed by atoms with Gasteiger partial charge < -0.3 is 4.90 Å². The Morgan fingerprint density at radius 2 is 2.00 bits per heavy atom. The summed E-state index contributed by atoms with van der Waals surface area (Å²) in [6.07, 6.45) is 1.86. The fourth-order valence-corrected chi connectivity index (χ4v) is 3.23. The zero-order valence-electron chi connectivity index (χ0n) is 10.5. The minimum Gasteiger partial charge on any atom is -0.366 e. The molecule has 1 fully saturated rings. The molecule has 1 saturated heterocycles. The van der Waals surface area contributed by atoms with Crippen LogP contribution in [0.5, 0.6) is 0 Å². The number of nitrogens with zero attached hydrogens (tertiary/aromatic N) is 1. The van der Waals surface area contributed by atoms with Crippen molar-refractivity contribution in [1.82, 2.24) is 0 Å². The Balaban J connectivity index is 2.23. The Morgan fingerprint density at radius 3 is 2.56 bits per heavy atom. The first-order chi connectivity index (χ1) is 8.58. The average Bonchev–Trinajstić information content (AvgIpc) is 2.87. The van der Waals surface area contributed by atoms with E-state index in [1.165, 1.54) is 0 Å². The molecule has 0 spiro atoms. The van der Waals surface area contributed by atoms with Crippen LogP contribution in [0, 0.1) is 0 Å². The van der Waals surface area contributed by atoms with Gasteiger partial charge in [-0.2, -0.15) is 0 Å². The molecule has 0 bridgehead atoms. The van der Waals surface area contributed by atoms with Crippen molar-refractivity contribution >= 4 is 15.5 Å². The van der Waals surface area contributed by atoms with Gasteiger partial charge in [0.15, 0.2) is 9.84 Å². The highest BCUT2D eigenvalue weighted by atomic mass is 32.2. The maximum atomic E-state index is 12.8. The molecule has 0 aliphatic carbocycles. The first-order valence-electron chi connectivity index (χ1n) is 6.24. The van der Waals surface area contributed by atoms with Crippen LogP contribution in [-0.2, 0) is 9.84 Å². The second-order valence-corrected chi connectivity index (χ2v) is 6.82. The van der Waals surface area contributed by atoms with Crippen LogP contribution in [0.25, 0.3) is 0 Å². The van der Waals surface area contributed by atoms with E-state index in [-0.39, 0.29) is 18.5 Å². The lowest BCUT2D eigenvalue weighted by Crippen LogP contribution is -2.30. The van der Waals surface area contributed by atoms with Crippen LogP contribution in [0.2, 0.25) is 0 Å². The van der Waals surface area contributed by atoms with Gasteiger partial charge in [0.05, 0.1) is 16.7 Å². The van der Waals surface area contributed by atoms with Crippen molar-refractivity contribution in [3.8, 4) is 0 Å². The zero-order valence-corrected chi connectivity index (χ0v) is 11.3. The lowest BCUT2D eigenvalue weighted by atomic mass is 10.2. The molecule has 0 radical (unpaired) electrons. The van der Waals surface area contributed by atoms with Crippen LogP contribution < -0.4 is 4.90 Å². The summed E-state index contributed by atoms with van der Waals surface area (Å²) in [4.78, 5) is 2.35. The van der Waals surface area contributed by atoms with Crippen molar-refractivity contribution in [1.29, 1.82) is 0 Å². The van der Waals surface area contributed by atoms with Gasteiger partial charge in [-0.25, -0.2) is 12.8 Å². The Hall–Kier alpha value is -1.10. The highest BCUT2D eigenvalue weighted by Gasteiger charge is 2.24. The summed E-state index contributed by atoms with van der Waals surface area (Å²) in [5, 5.41) is 0. The predicted octanol–water partition coefficient (Wildman–Crippen LogP) is 2.42. The molecule has 0 unspecified atom stereocenters. The molecular formula is C13H18FNO2S. The molecule has 1 heterocycles. The van der Waals surface area contributed by atoms with Gasteiger partial charge in [-0.05, 0) is 37.1 Å². The zero-order chi connectivity index (χ0) is 13.2. The number of sulfone groups is 1. The summed E-state index contributed by atoms with van der Waals surface area (Å²) >= 11 is 0. The van der Waals surface area contributed by atoms with Crippen molar-refractivity contribution in [3.05, 3.63) is 24.3 Å². The van der Waals surface area contributed by atoms with Gasteiger partial charge in [0.1, 0.15) is 6.67 Å². The smallest absolute Gasteiger partial charge is 0.178 e. The molecule has 1 aromatic carbocycles. The molecule has 1 aliphatic rings. The van der Waals surface area contributed by atoms with Gasteiger partial charge in [0.2, 0.25) is 0 Å². The number of anilines is 1. The molecule has 0 amide bonds. The predicted molar refractivity (Wildman–Crippen MR) is 70.5 cm³/mol. The largest absolute Gasteiger partial charge is 0.366 e. The third-order valence-corrected chi connectivity index (χ3v) is 5.21. The SMILES string of the molecule is CCS(=O)(=O)c1ccc(N2CCC[C@H]2CF)cc1. The highest BCUT2D eigenvalue weighted by Crippen LogP contribution is 2.27. The van der Waals surface area contributed by atoms with E-state index in [1.807, 2.05) is 4.90 Å². The van der Waals surface area contributed by atoms with E-state index in [1.54, 1.807) is 31.2 Å². The van der Waals surface area contributed by atoms with Gasteiger partial charge in [-0.1, -0.05) is 6.92 Å². The molecule has 0 saturated carbocycles. The van der Waals surface area contributed by atoms with Crippen LogP contribution in [0.4, 0.5) is 10.1 Å². The number of halogens is 1. The van der Waals surface area contributed by atoms with Crippen molar-refractivity contribution in [3.63, 3.8) is 0 Å². The van der Waals surface area contributed by atoms with Crippen LogP contribution in [0.15, 0.2) is 29.2 Å². The third kappa shape index (κ3) is 2.51. The number of rotatable bonds is 4. The van der Waals surface area contributed by atoms with Crippen LogP contribution in [0.1, 0.15) is 19.8 Å². The molecule has 1 aromatic rings. The third-order valence-electron chi connectivity index (χ3n) is 3.46. The number of hydrogen-bond acceptors (Lipinski definition) is 3. The second kappa shape index (κ2) is 5.26. The molecule has 18 heavy (non-hydrogen) atoms. The van der Waals surface area contributed by atoms with Crippen molar-refractivity contribution < 1.29 is 12.8 Å². The Labute approximate surface area is 108 Å². The Bertz CT molecular complexity index is 498. The molecule has 5 heteroatoms. The number of benzene rings is 1. The topological polar surface area (TPSA) is 37.4 Å². The number of alkyl halides is 1. The monoisotopic (exact) mass is 271 g/mol. The summed E-state index contributed by atoms with van der Waals surface area (Å²) in [7, 11) is -3.15. The molecule has 3 nitrogen and oxygen atoms in total. The molecule has 0 aromatic heterocycles. The summed E-state index contributed by atoms with van der Waals surface area (Å²) in [5.74, 6) is 0.100. The fraction of sp³-hybridized carbons (Fsp3) is 0.538. The summed E-state index contributed by atoms with van der Waals surface area (Å²) in [6.45, 7) is 2.12. The average molecular weight is 271 g/mol. The number of hydrogen-bond donors (Lipinski definition) is 0. The summed E-state index contributed by atoms with van der Waals surface area (Å²) < 4.78 is 36.2. The van der Waals surface area contributed by atoms with E-state index < -0.39 is 9.84 Å². The quantitative estimate of drug-likeness (QED) is 0.844. The van der Waals surface area contributed by atoms with E-state index in [0.29, 0.717) is 4.90 Å². The maximum Gasteiger partial charge on any atom is 0.178 e. The van der Waals surface area contributed by atoms with Crippen molar-refractivity contribution in [2.24, 2.45) is 0 Å². The molecule has 2 rings (SSSR count). The molecular weight excluding hydrogens is 253 g/mol. The van der Waals surface area contributed by atoms with Gasteiger partial charge >= 0.3 is 0 Å². The van der Waals surface area contributed by atoms with Crippen LogP contribution in [0.3, 0.4) is 0 Å². The molecule has 100 valence electrons. The van der Waals surface area contributed by atoms with E-state index in [0.717, 1.165) is 25.1 Å². The lowest BCUT2D eigenvalue weighted by Gasteiger charge is -2.24. The maximum absolute atomic E-state index is 12.8.